The molecule has 2 rings (SSSR count). The Bertz CT molecular complexity index is 159. The molecule has 0 heterocycles. The quantitative estimate of drug-likeness (QED) is 0.597. The summed E-state index contributed by atoms with van der Waals surface area (Å²) in [5.41, 5.74) is 0.737. The van der Waals surface area contributed by atoms with Gasteiger partial charge in [0.2, 0.25) is 0 Å². The second kappa shape index (κ2) is 4.68. The third-order valence-corrected chi connectivity index (χ3v) is 4.69. The van der Waals surface area contributed by atoms with Crippen molar-refractivity contribution in [2.24, 2.45) is 11.3 Å². The van der Waals surface area contributed by atoms with Crippen LogP contribution < -0.4 is 0 Å². The normalized spacial score (nSPS) is 28.1. The minimum atomic E-state index is 0.737. The average Bonchev–Trinajstić information content (AvgIpc) is 2.69. The van der Waals surface area contributed by atoms with Crippen molar-refractivity contribution in [1.82, 2.24) is 0 Å². The lowest BCUT2D eigenvalue weighted by Gasteiger charge is -2.34. The van der Waals surface area contributed by atoms with E-state index in [0.29, 0.717) is 0 Å². The fourth-order valence-electron chi connectivity index (χ4n) is 3.51. The van der Waals surface area contributed by atoms with E-state index < -0.39 is 0 Å². The maximum atomic E-state index is 2.54. The van der Waals surface area contributed by atoms with Crippen LogP contribution in [-0.2, 0) is 0 Å². The Labute approximate surface area is 89.5 Å². The van der Waals surface area contributed by atoms with E-state index in [1.807, 2.05) is 0 Å². The lowest BCUT2D eigenvalue weighted by atomic mass is 9.72. The van der Waals surface area contributed by atoms with E-state index in [2.05, 4.69) is 6.92 Å². The number of rotatable bonds is 3. The molecule has 0 aromatic carbocycles. The Balaban J connectivity index is 1.72. The number of hydrogen-bond acceptors (Lipinski definition) is 0. The molecule has 0 aliphatic heterocycles. The molecule has 0 amide bonds. The van der Waals surface area contributed by atoms with E-state index in [0.717, 1.165) is 11.3 Å². The smallest absolute Gasteiger partial charge is 0.0326 e. The van der Waals surface area contributed by atoms with Gasteiger partial charge in [-0.05, 0) is 37.0 Å². The van der Waals surface area contributed by atoms with E-state index >= 15 is 0 Å². The van der Waals surface area contributed by atoms with Crippen LogP contribution in [0.15, 0.2) is 0 Å². The Morgan fingerprint density at radius 1 is 0.929 bits per heavy atom. The summed E-state index contributed by atoms with van der Waals surface area (Å²) in [4.78, 5) is 0. The van der Waals surface area contributed by atoms with Crippen LogP contribution in [0.25, 0.3) is 0 Å². The van der Waals surface area contributed by atoms with Crippen LogP contribution in [-0.4, -0.2) is 0 Å². The molecule has 0 spiro atoms. The summed E-state index contributed by atoms with van der Waals surface area (Å²) < 4.78 is 0. The summed E-state index contributed by atoms with van der Waals surface area (Å²) in [5, 5.41) is 0. The molecule has 0 heteroatoms. The largest absolute Gasteiger partial charge is 0.0596 e. The molecular weight excluding hydrogens is 168 g/mol. The van der Waals surface area contributed by atoms with Crippen molar-refractivity contribution in [3.05, 3.63) is 0 Å². The molecule has 0 N–H and O–H groups in total. The standard InChI is InChI=1S/C14H26/c1-14(10-5-2-6-11-14)12-9-13-7-3-4-8-13/h13H,2-12H2,1H3. The maximum Gasteiger partial charge on any atom is -0.0326 e. The van der Waals surface area contributed by atoms with Gasteiger partial charge in [-0.2, -0.15) is 0 Å². The first kappa shape index (κ1) is 10.5. The molecule has 14 heavy (non-hydrogen) atoms. The highest BCUT2D eigenvalue weighted by Crippen LogP contribution is 2.42. The van der Waals surface area contributed by atoms with Crippen LogP contribution >= 0.6 is 0 Å². The van der Waals surface area contributed by atoms with E-state index in [9.17, 15) is 0 Å². The van der Waals surface area contributed by atoms with Crippen molar-refractivity contribution in [2.75, 3.05) is 0 Å². The predicted octanol–water partition coefficient (Wildman–Crippen LogP) is 4.93. The van der Waals surface area contributed by atoms with Gasteiger partial charge in [0.15, 0.2) is 0 Å². The van der Waals surface area contributed by atoms with Crippen molar-refractivity contribution in [3.63, 3.8) is 0 Å². The van der Waals surface area contributed by atoms with Crippen LogP contribution in [0.2, 0.25) is 0 Å². The molecule has 82 valence electrons. The Hall–Kier alpha value is 0. The summed E-state index contributed by atoms with van der Waals surface area (Å²) in [6.07, 6.45) is 16.7. The predicted molar refractivity (Wildman–Crippen MR) is 62.4 cm³/mol. The first-order valence-corrected chi connectivity index (χ1v) is 6.79. The first-order valence-electron chi connectivity index (χ1n) is 6.79. The molecule has 0 saturated heterocycles. The highest BCUT2D eigenvalue weighted by molar-refractivity contribution is 4.80. The van der Waals surface area contributed by atoms with Crippen LogP contribution in [0.1, 0.15) is 77.6 Å². The van der Waals surface area contributed by atoms with Gasteiger partial charge in [-0.15, -0.1) is 0 Å². The molecule has 0 atom stereocenters. The summed E-state index contributed by atoms with van der Waals surface area (Å²) >= 11 is 0. The van der Waals surface area contributed by atoms with Gasteiger partial charge in [0.05, 0.1) is 0 Å². The Kier molecular flexibility index (Phi) is 3.52. The van der Waals surface area contributed by atoms with Gasteiger partial charge in [-0.25, -0.2) is 0 Å². The van der Waals surface area contributed by atoms with E-state index in [4.69, 9.17) is 0 Å². The fourth-order valence-corrected chi connectivity index (χ4v) is 3.51. The summed E-state index contributed by atoms with van der Waals surface area (Å²) in [6.45, 7) is 2.54. The van der Waals surface area contributed by atoms with E-state index in [1.54, 1.807) is 0 Å². The van der Waals surface area contributed by atoms with Crippen LogP contribution in [0.4, 0.5) is 0 Å². The highest BCUT2D eigenvalue weighted by Gasteiger charge is 2.27. The monoisotopic (exact) mass is 194 g/mol. The average molecular weight is 194 g/mol. The second-order valence-electron chi connectivity index (χ2n) is 6.06. The molecule has 2 fully saturated rings. The minimum Gasteiger partial charge on any atom is -0.0596 e. The second-order valence-corrected chi connectivity index (χ2v) is 6.06. The molecule has 0 radical (unpaired) electrons. The van der Waals surface area contributed by atoms with Crippen LogP contribution in [0.5, 0.6) is 0 Å². The molecular formula is C14H26. The van der Waals surface area contributed by atoms with Crippen molar-refractivity contribution < 1.29 is 0 Å². The molecule has 0 unspecified atom stereocenters. The third kappa shape index (κ3) is 2.74. The van der Waals surface area contributed by atoms with Gasteiger partial charge >= 0.3 is 0 Å². The van der Waals surface area contributed by atoms with Gasteiger partial charge in [0, 0.05) is 0 Å². The summed E-state index contributed by atoms with van der Waals surface area (Å²) in [5.74, 6) is 1.11. The van der Waals surface area contributed by atoms with Gasteiger partial charge in [0.25, 0.3) is 0 Å². The van der Waals surface area contributed by atoms with Crippen molar-refractivity contribution in [1.29, 1.82) is 0 Å². The van der Waals surface area contributed by atoms with Crippen molar-refractivity contribution >= 4 is 0 Å². The zero-order valence-corrected chi connectivity index (χ0v) is 9.86. The zero-order chi connectivity index (χ0) is 9.86. The molecule has 0 aromatic rings. The molecule has 2 aliphatic rings. The minimum absolute atomic E-state index is 0.737. The van der Waals surface area contributed by atoms with Crippen LogP contribution in [0, 0.1) is 11.3 Å². The molecule has 2 aliphatic carbocycles. The van der Waals surface area contributed by atoms with Crippen molar-refractivity contribution in [2.45, 2.75) is 77.6 Å². The van der Waals surface area contributed by atoms with Crippen molar-refractivity contribution in [3.8, 4) is 0 Å². The van der Waals surface area contributed by atoms with Gasteiger partial charge in [-0.1, -0.05) is 51.9 Å². The first-order chi connectivity index (χ1) is 6.79. The summed E-state index contributed by atoms with van der Waals surface area (Å²) in [7, 11) is 0. The lowest BCUT2D eigenvalue weighted by Crippen LogP contribution is -2.20. The lowest BCUT2D eigenvalue weighted by molar-refractivity contribution is 0.183. The SMILES string of the molecule is CC1(CCC2CCCC2)CCCCC1. The maximum absolute atomic E-state index is 2.54. The molecule has 0 aromatic heterocycles. The van der Waals surface area contributed by atoms with Crippen LogP contribution in [0.3, 0.4) is 0 Å². The summed E-state index contributed by atoms with van der Waals surface area (Å²) in [6, 6.07) is 0. The molecule has 0 nitrogen and oxygen atoms in total. The zero-order valence-electron chi connectivity index (χ0n) is 9.86. The topological polar surface area (TPSA) is 0 Å². The fraction of sp³-hybridized carbons (Fsp3) is 1.00. The van der Waals surface area contributed by atoms with E-state index in [1.165, 1.54) is 70.6 Å². The Morgan fingerprint density at radius 2 is 1.57 bits per heavy atom. The molecule has 2 saturated carbocycles. The highest BCUT2D eigenvalue weighted by atomic mass is 14.3. The Morgan fingerprint density at radius 3 is 2.21 bits per heavy atom. The third-order valence-electron chi connectivity index (χ3n) is 4.69. The number of hydrogen-bond donors (Lipinski definition) is 0. The molecule has 0 bridgehead atoms. The van der Waals surface area contributed by atoms with Gasteiger partial charge < -0.3 is 0 Å². The van der Waals surface area contributed by atoms with E-state index in [-0.39, 0.29) is 0 Å². The van der Waals surface area contributed by atoms with Gasteiger partial charge in [0.1, 0.15) is 0 Å². The van der Waals surface area contributed by atoms with Gasteiger partial charge in [-0.3, -0.25) is 0 Å².